The fraction of sp³-hybridized carbons (Fsp3) is 0.294. The Morgan fingerprint density at radius 2 is 1.68 bits per heavy atom. The van der Waals surface area contributed by atoms with E-state index in [1.54, 1.807) is 24.5 Å². The quantitative estimate of drug-likeness (QED) is 0.943. The molecule has 0 atom stereocenters. The van der Waals surface area contributed by atoms with Gasteiger partial charge in [-0.2, -0.15) is 0 Å². The van der Waals surface area contributed by atoms with Crippen molar-refractivity contribution in [3.8, 4) is 0 Å². The van der Waals surface area contributed by atoms with E-state index in [4.69, 9.17) is 0 Å². The van der Waals surface area contributed by atoms with Gasteiger partial charge in [0.1, 0.15) is 11.6 Å². The molecule has 0 unspecified atom stereocenters. The van der Waals surface area contributed by atoms with Crippen LogP contribution in [-0.4, -0.2) is 40.1 Å². The molecule has 4 nitrogen and oxygen atoms in total. The van der Waals surface area contributed by atoms with Crippen molar-refractivity contribution in [1.29, 1.82) is 0 Å². The molecule has 5 heteroatoms. The number of aryl methyl sites for hydroxylation is 2. The summed E-state index contributed by atoms with van der Waals surface area (Å²) in [4.78, 5) is 10.7. The largest absolute Gasteiger partial charge is 0.510 e. The lowest BCUT2D eigenvalue weighted by atomic mass is 10.1. The van der Waals surface area contributed by atoms with Gasteiger partial charge in [-0.1, -0.05) is 12.1 Å². The normalized spacial score (nSPS) is 15.5. The van der Waals surface area contributed by atoms with E-state index in [1.807, 2.05) is 11.9 Å². The summed E-state index contributed by atoms with van der Waals surface area (Å²) in [5.74, 6) is 0.722. The van der Waals surface area contributed by atoms with E-state index in [0.717, 1.165) is 29.5 Å². The Balaban J connectivity index is 1.64. The molecule has 0 spiro atoms. The molecule has 0 bridgehead atoms. The maximum absolute atomic E-state index is 12.9. The van der Waals surface area contributed by atoms with Crippen molar-refractivity contribution < 1.29 is 9.50 Å². The molecule has 22 heavy (non-hydrogen) atoms. The van der Waals surface area contributed by atoms with Crippen LogP contribution in [0.5, 0.6) is 0 Å². The number of hydrogen-bond acceptors (Lipinski definition) is 4. The van der Waals surface area contributed by atoms with Gasteiger partial charge >= 0.3 is 0 Å². The van der Waals surface area contributed by atoms with Gasteiger partial charge in [-0.3, -0.25) is 4.90 Å². The zero-order chi connectivity index (χ0) is 15.5. The molecule has 0 aliphatic carbocycles. The van der Waals surface area contributed by atoms with Crippen molar-refractivity contribution in [3.05, 3.63) is 65.2 Å². The number of aromatic nitrogens is 2. The average molecular weight is 299 g/mol. The minimum absolute atomic E-state index is 0.217. The van der Waals surface area contributed by atoms with Crippen LogP contribution in [-0.2, 0) is 12.8 Å². The van der Waals surface area contributed by atoms with Crippen LogP contribution in [0.15, 0.2) is 42.4 Å². The minimum Gasteiger partial charge on any atom is -0.510 e. The van der Waals surface area contributed by atoms with Crippen LogP contribution in [0.4, 0.5) is 4.39 Å². The van der Waals surface area contributed by atoms with E-state index in [1.165, 1.54) is 12.1 Å². The summed E-state index contributed by atoms with van der Waals surface area (Å²) in [7, 11) is 1.94. The van der Waals surface area contributed by atoms with Crippen LogP contribution in [0.1, 0.15) is 17.0 Å². The second-order valence-corrected chi connectivity index (χ2v) is 5.64. The summed E-state index contributed by atoms with van der Waals surface area (Å²) in [6.45, 7) is 1.21. The van der Waals surface area contributed by atoms with Gasteiger partial charge in [-0.05, 0) is 43.1 Å². The Bertz CT molecular complexity index is 680. The number of benzene rings is 1. The zero-order valence-electron chi connectivity index (χ0n) is 12.5. The fourth-order valence-electron chi connectivity index (χ4n) is 2.55. The minimum atomic E-state index is -0.217. The number of aliphatic hydroxyl groups excluding tert-OH is 1. The van der Waals surface area contributed by atoms with E-state index in [2.05, 4.69) is 9.97 Å². The molecular weight excluding hydrogens is 281 g/mol. The molecule has 3 rings (SSSR count). The molecule has 114 valence electrons. The maximum Gasteiger partial charge on any atom is 0.159 e. The Morgan fingerprint density at radius 1 is 1.05 bits per heavy atom. The van der Waals surface area contributed by atoms with Gasteiger partial charge in [0.05, 0.1) is 6.54 Å². The molecule has 2 aromatic rings. The molecule has 0 amide bonds. The Labute approximate surface area is 129 Å². The number of hydrogen-bond donors (Lipinski definition) is 1. The number of likely N-dealkylation sites (N-methyl/N-ethyl adjacent to an activating group) is 1. The highest BCUT2D eigenvalue weighted by Gasteiger charge is 2.21. The summed E-state index contributed by atoms with van der Waals surface area (Å²) in [5, 5.41) is 9.88. The van der Waals surface area contributed by atoms with Gasteiger partial charge < -0.3 is 5.11 Å². The van der Waals surface area contributed by atoms with Crippen molar-refractivity contribution in [2.75, 3.05) is 20.1 Å². The number of nitrogens with zero attached hydrogens (tertiary/aromatic N) is 3. The van der Waals surface area contributed by atoms with Gasteiger partial charge in [0, 0.05) is 24.5 Å². The number of rotatable bonds is 4. The van der Waals surface area contributed by atoms with Crippen LogP contribution in [0.3, 0.4) is 0 Å². The molecule has 1 aliphatic rings. The fourth-order valence-corrected chi connectivity index (χ4v) is 2.55. The smallest absolute Gasteiger partial charge is 0.159 e. The van der Waals surface area contributed by atoms with Gasteiger partial charge in [-0.25, -0.2) is 14.4 Å². The summed E-state index contributed by atoms with van der Waals surface area (Å²) in [6, 6.07) is 6.53. The van der Waals surface area contributed by atoms with Crippen LogP contribution in [0.2, 0.25) is 0 Å². The van der Waals surface area contributed by atoms with Crippen LogP contribution in [0, 0.1) is 5.82 Å². The second-order valence-electron chi connectivity index (χ2n) is 5.64. The first-order valence-corrected chi connectivity index (χ1v) is 7.27. The molecule has 0 radical (unpaired) electrons. The van der Waals surface area contributed by atoms with E-state index < -0.39 is 0 Å². The highest BCUT2D eigenvalue weighted by Crippen LogP contribution is 2.21. The number of halogens is 1. The SMILES string of the molecule is CN1CC(O)=C(c2ncc(CCc3ccc(F)cc3)cn2)C1. The van der Waals surface area contributed by atoms with Crippen LogP contribution >= 0.6 is 0 Å². The highest BCUT2D eigenvalue weighted by molar-refractivity contribution is 5.65. The molecule has 0 saturated heterocycles. The standard InChI is InChI=1S/C17H18FN3O/c1-21-10-15(16(22)11-21)17-19-8-13(9-20-17)3-2-12-4-6-14(18)7-5-12/h4-9,22H,2-3,10-11H2,1H3. The van der Waals surface area contributed by atoms with Gasteiger partial charge in [0.15, 0.2) is 5.82 Å². The molecule has 0 fully saturated rings. The lowest BCUT2D eigenvalue weighted by Crippen LogP contribution is -2.14. The monoisotopic (exact) mass is 299 g/mol. The Kier molecular flexibility index (Phi) is 4.15. The molecule has 1 aliphatic heterocycles. The van der Waals surface area contributed by atoms with Gasteiger partial charge in [0.25, 0.3) is 0 Å². The summed E-state index contributed by atoms with van der Waals surface area (Å²) in [5.41, 5.74) is 2.91. The first kappa shape index (κ1) is 14.7. The zero-order valence-corrected chi connectivity index (χ0v) is 12.5. The lowest BCUT2D eigenvalue weighted by Gasteiger charge is -2.06. The summed E-state index contributed by atoms with van der Waals surface area (Å²) < 4.78 is 12.9. The number of aliphatic hydroxyl groups is 1. The van der Waals surface area contributed by atoms with Gasteiger partial charge in [-0.15, -0.1) is 0 Å². The molecule has 1 aromatic heterocycles. The second kappa shape index (κ2) is 6.23. The molecular formula is C17H18FN3O. The summed E-state index contributed by atoms with van der Waals surface area (Å²) in [6.07, 6.45) is 5.21. The third kappa shape index (κ3) is 3.31. The highest BCUT2D eigenvalue weighted by atomic mass is 19.1. The predicted octanol–water partition coefficient (Wildman–Crippen LogP) is 2.62. The Morgan fingerprint density at radius 3 is 2.27 bits per heavy atom. The van der Waals surface area contributed by atoms with Crippen molar-refractivity contribution >= 4 is 5.57 Å². The van der Waals surface area contributed by atoms with Crippen LogP contribution in [0.25, 0.3) is 5.57 Å². The topological polar surface area (TPSA) is 49.2 Å². The van der Waals surface area contributed by atoms with E-state index in [0.29, 0.717) is 24.7 Å². The first-order chi connectivity index (χ1) is 10.6. The van der Waals surface area contributed by atoms with Crippen molar-refractivity contribution in [1.82, 2.24) is 14.9 Å². The molecule has 1 aromatic carbocycles. The van der Waals surface area contributed by atoms with Crippen molar-refractivity contribution in [2.24, 2.45) is 0 Å². The molecule has 1 N–H and O–H groups in total. The third-order valence-electron chi connectivity index (χ3n) is 3.79. The third-order valence-corrected chi connectivity index (χ3v) is 3.79. The lowest BCUT2D eigenvalue weighted by molar-refractivity contribution is 0.343. The van der Waals surface area contributed by atoms with E-state index >= 15 is 0 Å². The maximum atomic E-state index is 12.9. The van der Waals surface area contributed by atoms with E-state index in [9.17, 15) is 9.50 Å². The first-order valence-electron chi connectivity index (χ1n) is 7.27. The predicted molar refractivity (Wildman–Crippen MR) is 82.9 cm³/mol. The van der Waals surface area contributed by atoms with Crippen molar-refractivity contribution in [3.63, 3.8) is 0 Å². The van der Waals surface area contributed by atoms with Crippen LogP contribution < -0.4 is 0 Å². The Hall–Kier alpha value is -2.27. The molecule has 2 heterocycles. The van der Waals surface area contributed by atoms with E-state index in [-0.39, 0.29) is 5.82 Å². The van der Waals surface area contributed by atoms with Crippen molar-refractivity contribution in [2.45, 2.75) is 12.8 Å². The average Bonchev–Trinajstić information content (AvgIpc) is 2.86. The summed E-state index contributed by atoms with van der Waals surface area (Å²) >= 11 is 0. The van der Waals surface area contributed by atoms with Gasteiger partial charge in [0.2, 0.25) is 0 Å². The molecule has 0 saturated carbocycles.